The zero-order valence-corrected chi connectivity index (χ0v) is 9.59. The molecule has 0 radical (unpaired) electrons. The summed E-state index contributed by atoms with van der Waals surface area (Å²) in [5, 5.41) is 8.37. The van der Waals surface area contributed by atoms with Crippen molar-refractivity contribution in [2.45, 2.75) is 38.6 Å². The molecule has 0 aromatic carbocycles. The summed E-state index contributed by atoms with van der Waals surface area (Å²) in [6.07, 6.45) is 2.64. The normalized spacial score (nSPS) is 25.1. The van der Waals surface area contributed by atoms with E-state index in [4.69, 9.17) is 5.11 Å². The molecule has 15 heavy (non-hydrogen) atoms. The maximum absolute atomic E-state index is 11.4. The molecule has 0 amide bonds. The molecular weight excluding hydrogens is 218 g/mol. The van der Waals surface area contributed by atoms with Crippen molar-refractivity contribution in [1.82, 2.24) is 4.72 Å². The summed E-state index contributed by atoms with van der Waals surface area (Å²) in [5.41, 5.74) is 0. The van der Waals surface area contributed by atoms with E-state index in [0.717, 1.165) is 19.3 Å². The largest absolute Gasteiger partial charge is 0.481 e. The molecule has 0 saturated heterocycles. The van der Waals surface area contributed by atoms with Gasteiger partial charge in [0.25, 0.3) is 0 Å². The Kier molecular flexibility index (Phi) is 4.10. The van der Waals surface area contributed by atoms with Crippen LogP contribution < -0.4 is 4.72 Å². The summed E-state index contributed by atoms with van der Waals surface area (Å²) < 4.78 is 25.3. The Balaban J connectivity index is 2.29. The van der Waals surface area contributed by atoms with Crippen LogP contribution in [0.1, 0.15) is 32.6 Å². The van der Waals surface area contributed by atoms with Crippen molar-refractivity contribution in [1.29, 1.82) is 0 Å². The molecule has 0 aromatic heterocycles. The smallest absolute Gasteiger partial charge is 0.304 e. The van der Waals surface area contributed by atoms with Crippen molar-refractivity contribution in [2.24, 2.45) is 5.92 Å². The van der Waals surface area contributed by atoms with Crippen molar-refractivity contribution in [3.8, 4) is 0 Å². The first kappa shape index (κ1) is 12.4. The first-order valence-electron chi connectivity index (χ1n) is 5.16. The van der Waals surface area contributed by atoms with Crippen molar-refractivity contribution in [3.63, 3.8) is 0 Å². The van der Waals surface area contributed by atoms with Crippen LogP contribution in [0.25, 0.3) is 0 Å². The quantitative estimate of drug-likeness (QED) is 0.675. The minimum absolute atomic E-state index is 0.0451. The molecular formula is C9H17NO4S. The molecule has 1 rings (SSSR count). The van der Waals surface area contributed by atoms with E-state index in [0.29, 0.717) is 5.92 Å². The van der Waals surface area contributed by atoms with Crippen LogP contribution in [0.3, 0.4) is 0 Å². The van der Waals surface area contributed by atoms with Crippen LogP contribution in [0.15, 0.2) is 0 Å². The highest BCUT2D eigenvalue weighted by atomic mass is 32.2. The number of sulfonamides is 1. The molecule has 0 aromatic rings. The SMILES string of the molecule is CCCC1CC1NS(=O)(=O)CCC(=O)O. The standard InChI is InChI=1S/C9H17NO4S/c1-2-3-7-6-8(7)10-15(13,14)5-4-9(11)12/h7-8,10H,2-6H2,1H3,(H,11,12). The lowest BCUT2D eigenvalue weighted by Crippen LogP contribution is -2.30. The highest BCUT2D eigenvalue weighted by Gasteiger charge is 2.38. The van der Waals surface area contributed by atoms with Gasteiger partial charge in [0.15, 0.2) is 0 Å². The van der Waals surface area contributed by atoms with Crippen LogP contribution in [0, 0.1) is 5.92 Å². The molecule has 1 saturated carbocycles. The lowest BCUT2D eigenvalue weighted by Gasteiger charge is -2.04. The first-order valence-corrected chi connectivity index (χ1v) is 6.81. The molecule has 0 aliphatic heterocycles. The highest BCUT2D eigenvalue weighted by molar-refractivity contribution is 7.89. The molecule has 2 N–H and O–H groups in total. The zero-order valence-electron chi connectivity index (χ0n) is 8.77. The Morgan fingerprint density at radius 1 is 1.53 bits per heavy atom. The fourth-order valence-electron chi connectivity index (χ4n) is 1.59. The van der Waals surface area contributed by atoms with Gasteiger partial charge in [0.2, 0.25) is 10.0 Å². The van der Waals surface area contributed by atoms with Crippen molar-refractivity contribution in [3.05, 3.63) is 0 Å². The lowest BCUT2D eigenvalue weighted by molar-refractivity contribution is -0.136. The van der Waals surface area contributed by atoms with Gasteiger partial charge < -0.3 is 5.11 Å². The van der Waals surface area contributed by atoms with E-state index in [9.17, 15) is 13.2 Å². The van der Waals surface area contributed by atoms with Gasteiger partial charge in [-0.15, -0.1) is 0 Å². The fraction of sp³-hybridized carbons (Fsp3) is 0.889. The van der Waals surface area contributed by atoms with Crippen LogP contribution >= 0.6 is 0 Å². The summed E-state index contributed by atoms with van der Waals surface area (Å²) in [4.78, 5) is 10.2. The maximum Gasteiger partial charge on any atom is 0.304 e. The molecule has 2 unspecified atom stereocenters. The summed E-state index contributed by atoms with van der Waals surface area (Å²) in [6.45, 7) is 2.06. The Morgan fingerprint density at radius 3 is 2.73 bits per heavy atom. The number of carbonyl (C=O) groups is 1. The number of hydrogen-bond acceptors (Lipinski definition) is 3. The van der Waals surface area contributed by atoms with Gasteiger partial charge in [-0.25, -0.2) is 13.1 Å². The average Bonchev–Trinajstić information content (AvgIpc) is 2.80. The van der Waals surface area contributed by atoms with E-state index in [2.05, 4.69) is 11.6 Å². The van der Waals surface area contributed by atoms with Gasteiger partial charge in [0, 0.05) is 6.04 Å². The van der Waals surface area contributed by atoms with E-state index in [-0.39, 0.29) is 18.2 Å². The lowest BCUT2D eigenvalue weighted by atomic mass is 10.2. The second-order valence-corrected chi connectivity index (χ2v) is 5.84. The minimum atomic E-state index is -3.40. The fourth-order valence-corrected chi connectivity index (χ4v) is 2.90. The Labute approximate surface area is 89.9 Å². The van der Waals surface area contributed by atoms with Crippen molar-refractivity contribution in [2.75, 3.05) is 5.75 Å². The highest BCUT2D eigenvalue weighted by Crippen LogP contribution is 2.34. The van der Waals surface area contributed by atoms with Crippen LogP contribution in [0.5, 0.6) is 0 Å². The van der Waals surface area contributed by atoms with E-state index >= 15 is 0 Å². The third kappa shape index (κ3) is 4.61. The molecule has 2 atom stereocenters. The van der Waals surface area contributed by atoms with Crippen LogP contribution in [-0.2, 0) is 14.8 Å². The van der Waals surface area contributed by atoms with Gasteiger partial charge >= 0.3 is 5.97 Å². The maximum atomic E-state index is 11.4. The Bertz CT molecular complexity index is 325. The summed E-state index contributed by atoms with van der Waals surface area (Å²) >= 11 is 0. The molecule has 5 nitrogen and oxygen atoms in total. The summed E-state index contributed by atoms with van der Waals surface area (Å²) in [6, 6.07) is 0.0451. The predicted molar refractivity (Wildman–Crippen MR) is 56.0 cm³/mol. The summed E-state index contributed by atoms with van der Waals surface area (Å²) in [7, 11) is -3.40. The van der Waals surface area contributed by atoms with Crippen molar-refractivity contribution < 1.29 is 18.3 Å². The van der Waals surface area contributed by atoms with Crippen LogP contribution in [-0.4, -0.2) is 31.3 Å². The number of rotatable bonds is 7. The van der Waals surface area contributed by atoms with Gasteiger partial charge in [-0.2, -0.15) is 0 Å². The Hall–Kier alpha value is -0.620. The van der Waals surface area contributed by atoms with Crippen molar-refractivity contribution >= 4 is 16.0 Å². The second-order valence-electron chi connectivity index (χ2n) is 3.97. The van der Waals surface area contributed by atoms with E-state index < -0.39 is 16.0 Å². The molecule has 0 heterocycles. The third-order valence-electron chi connectivity index (χ3n) is 2.50. The monoisotopic (exact) mass is 235 g/mol. The van der Waals surface area contributed by atoms with Crippen LogP contribution in [0.4, 0.5) is 0 Å². The predicted octanol–water partition coefficient (Wildman–Crippen LogP) is 0.569. The number of carboxylic acids is 1. The zero-order chi connectivity index (χ0) is 11.5. The molecule has 1 fully saturated rings. The van der Waals surface area contributed by atoms with Gasteiger partial charge in [-0.1, -0.05) is 13.3 Å². The van der Waals surface area contributed by atoms with E-state index in [1.165, 1.54) is 0 Å². The van der Waals surface area contributed by atoms with Crippen LogP contribution in [0.2, 0.25) is 0 Å². The van der Waals surface area contributed by atoms with Gasteiger partial charge in [0.05, 0.1) is 12.2 Å². The number of hydrogen-bond donors (Lipinski definition) is 2. The van der Waals surface area contributed by atoms with Gasteiger partial charge in [0.1, 0.15) is 0 Å². The molecule has 1 aliphatic carbocycles. The topological polar surface area (TPSA) is 83.5 Å². The summed E-state index contributed by atoms with van der Waals surface area (Å²) in [5.74, 6) is -0.951. The first-order chi connectivity index (χ1) is 6.94. The number of carboxylic acid groups (broad SMARTS) is 1. The molecule has 88 valence electrons. The average molecular weight is 235 g/mol. The number of nitrogens with one attached hydrogen (secondary N) is 1. The molecule has 0 bridgehead atoms. The molecule has 6 heteroatoms. The second kappa shape index (κ2) is 4.94. The third-order valence-corrected chi connectivity index (χ3v) is 3.90. The molecule has 1 aliphatic rings. The molecule has 0 spiro atoms. The van der Waals surface area contributed by atoms with Gasteiger partial charge in [-0.05, 0) is 18.8 Å². The van der Waals surface area contributed by atoms with E-state index in [1.54, 1.807) is 0 Å². The minimum Gasteiger partial charge on any atom is -0.481 e. The Morgan fingerprint density at radius 2 is 2.20 bits per heavy atom. The van der Waals surface area contributed by atoms with E-state index in [1.807, 2.05) is 0 Å². The number of aliphatic carboxylic acids is 1. The van der Waals surface area contributed by atoms with Gasteiger partial charge in [-0.3, -0.25) is 4.79 Å².